The second kappa shape index (κ2) is 6.54. The molecule has 0 aliphatic rings. The fourth-order valence-electron chi connectivity index (χ4n) is 2.08. The number of rotatable bonds is 5. The molecule has 108 valence electrons. The van der Waals surface area contributed by atoms with E-state index in [2.05, 4.69) is 27.8 Å². The van der Waals surface area contributed by atoms with Gasteiger partial charge in [0.2, 0.25) is 0 Å². The first-order valence-corrected chi connectivity index (χ1v) is 7.13. The number of carbonyl (C=O) groups is 2. The lowest BCUT2D eigenvalue weighted by atomic mass is 10.0. The summed E-state index contributed by atoms with van der Waals surface area (Å²) in [5, 5.41) is 13.4. The van der Waals surface area contributed by atoms with Gasteiger partial charge in [-0.3, -0.25) is 4.79 Å². The van der Waals surface area contributed by atoms with Gasteiger partial charge < -0.3 is 10.4 Å². The molecule has 2 rings (SSSR count). The molecule has 5 heteroatoms. The molecular weight excluding hydrogens is 334 g/mol. The highest BCUT2D eigenvalue weighted by Crippen LogP contribution is 2.19. The summed E-state index contributed by atoms with van der Waals surface area (Å²) in [6, 6.07) is 11.8. The van der Waals surface area contributed by atoms with Crippen LogP contribution in [0.4, 0.5) is 0 Å². The largest absolute Gasteiger partial charge is 0.480 e. The van der Waals surface area contributed by atoms with Crippen molar-refractivity contribution in [1.29, 1.82) is 0 Å². The van der Waals surface area contributed by atoms with Gasteiger partial charge in [0.05, 0.1) is 0 Å². The molecule has 1 atom stereocenters. The van der Waals surface area contributed by atoms with Gasteiger partial charge in [-0.2, -0.15) is 0 Å². The van der Waals surface area contributed by atoms with Crippen LogP contribution in [0.1, 0.15) is 16.8 Å². The summed E-state index contributed by atoms with van der Waals surface area (Å²) in [4.78, 5) is 23.5. The minimum atomic E-state index is -1.09. The summed E-state index contributed by atoms with van der Waals surface area (Å²) in [7, 11) is 0. The maximum atomic E-state index is 12.3. The molecule has 4 nitrogen and oxygen atoms in total. The lowest BCUT2D eigenvalue weighted by Gasteiger charge is -2.15. The molecule has 0 spiro atoms. The summed E-state index contributed by atoms with van der Waals surface area (Å²) < 4.78 is 0.521. The average Bonchev–Trinajstić information content (AvgIpc) is 2.45. The van der Waals surface area contributed by atoms with Crippen molar-refractivity contribution in [3.63, 3.8) is 0 Å². The number of hydrogen-bond acceptors (Lipinski definition) is 2. The quantitative estimate of drug-likeness (QED) is 0.871. The van der Waals surface area contributed by atoms with E-state index in [1.54, 1.807) is 12.1 Å². The minimum Gasteiger partial charge on any atom is -0.480 e. The molecule has 2 N–H and O–H groups in total. The van der Waals surface area contributed by atoms with Crippen LogP contribution in [0.5, 0.6) is 0 Å². The fraction of sp³-hybridized carbons (Fsp3) is 0.125. The van der Waals surface area contributed by atoms with Crippen molar-refractivity contribution in [2.75, 3.05) is 0 Å². The SMILES string of the molecule is C=C(Br)C[C@@H](NC(=O)c1cccc2ccccc12)C(=O)O. The Kier molecular flexibility index (Phi) is 4.75. The number of aliphatic carboxylic acids is 1. The highest BCUT2D eigenvalue weighted by Gasteiger charge is 2.21. The predicted octanol–water partition coefficient (Wildman–Crippen LogP) is 3.32. The standard InChI is InChI=1S/C16H14BrNO3/c1-10(17)9-14(16(20)21)18-15(19)13-8-4-6-11-5-2-3-7-12(11)13/h2-8,14H,1,9H2,(H,18,19)(H,20,21)/t14-/m1/s1. The third kappa shape index (κ3) is 3.70. The normalized spacial score (nSPS) is 11.9. The van der Waals surface area contributed by atoms with Crippen LogP contribution < -0.4 is 5.32 Å². The molecule has 0 unspecified atom stereocenters. The van der Waals surface area contributed by atoms with E-state index in [-0.39, 0.29) is 6.42 Å². The van der Waals surface area contributed by atoms with E-state index in [4.69, 9.17) is 5.11 Å². The lowest BCUT2D eigenvalue weighted by Crippen LogP contribution is -2.40. The van der Waals surface area contributed by atoms with E-state index in [1.165, 1.54) is 0 Å². The Morgan fingerprint density at radius 3 is 2.52 bits per heavy atom. The van der Waals surface area contributed by atoms with E-state index in [0.29, 0.717) is 10.0 Å². The number of fused-ring (bicyclic) bond motifs is 1. The van der Waals surface area contributed by atoms with Gasteiger partial charge in [0.1, 0.15) is 6.04 Å². The second-order valence-electron chi connectivity index (χ2n) is 4.61. The molecule has 2 aromatic rings. The number of halogens is 1. The van der Waals surface area contributed by atoms with Crippen LogP contribution in [0.25, 0.3) is 10.8 Å². The van der Waals surface area contributed by atoms with Gasteiger partial charge >= 0.3 is 5.97 Å². The van der Waals surface area contributed by atoms with E-state index < -0.39 is 17.9 Å². The van der Waals surface area contributed by atoms with Crippen LogP contribution in [0.2, 0.25) is 0 Å². The van der Waals surface area contributed by atoms with E-state index in [1.807, 2.05) is 30.3 Å². The first-order valence-electron chi connectivity index (χ1n) is 6.33. The molecule has 0 saturated carbocycles. The van der Waals surface area contributed by atoms with Crippen molar-refractivity contribution in [1.82, 2.24) is 5.32 Å². The molecule has 0 radical (unpaired) electrons. The zero-order valence-electron chi connectivity index (χ0n) is 11.2. The van der Waals surface area contributed by atoms with Gasteiger partial charge in [0, 0.05) is 12.0 Å². The molecule has 0 aromatic heterocycles. The Morgan fingerprint density at radius 1 is 1.19 bits per heavy atom. The first-order chi connectivity index (χ1) is 9.99. The van der Waals surface area contributed by atoms with Gasteiger partial charge in [-0.15, -0.1) is 0 Å². The summed E-state index contributed by atoms with van der Waals surface area (Å²) in [6.45, 7) is 3.61. The number of amides is 1. The van der Waals surface area contributed by atoms with Gasteiger partial charge in [-0.05, 0) is 21.3 Å². The Bertz CT molecular complexity index is 706. The third-order valence-corrected chi connectivity index (χ3v) is 3.39. The van der Waals surface area contributed by atoms with E-state index in [9.17, 15) is 9.59 Å². The van der Waals surface area contributed by atoms with Crippen LogP contribution in [0.3, 0.4) is 0 Å². The Balaban J connectivity index is 2.29. The van der Waals surface area contributed by atoms with Crippen molar-refractivity contribution in [2.45, 2.75) is 12.5 Å². The number of benzene rings is 2. The maximum absolute atomic E-state index is 12.3. The van der Waals surface area contributed by atoms with Crippen LogP contribution in [0.15, 0.2) is 53.5 Å². The number of carboxylic acids is 1. The topological polar surface area (TPSA) is 66.4 Å². The van der Waals surface area contributed by atoms with Crippen molar-refractivity contribution in [2.24, 2.45) is 0 Å². The van der Waals surface area contributed by atoms with Gasteiger partial charge in [-0.25, -0.2) is 4.79 Å². The lowest BCUT2D eigenvalue weighted by molar-refractivity contribution is -0.139. The van der Waals surface area contributed by atoms with Crippen molar-refractivity contribution in [3.8, 4) is 0 Å². The van der Waals surface area contributed by atoms with Crippen molar-refractivity contribution in [3.05, 3.63) is 59.1 Å². The smallest absolute Gasteiger partial charge is 0.326 e. The number of carbonyl (C=O) groups excluding carboxylic acids is 1. The Labute approximate surface area is 130 Å². The van der Waals surface area contributed by atoms with Crippen LogP contribution in [-0.2, 0) is 4.79 Å². The molecule has 0 heterocycles. The molecule has 21 heavy (non-hydrogen) atoms. The van der Waals surface area contributed by atoms with Crippen molar-refractivity contribution < 1.29 is 14.7 Å². The summed E-state index contributed by atoms with van der Waals surface area (Å²) in [5.41, 5.74) is 0.458. The van der Waals surface area contributed by atoms with Gasteiger partial charge in [0.25, 0.3) is 5.91 Å². The maximum Gasteiger partial charge on any atom is 0.326 e. The summed E-state index contributed by atoms with van der Waals surface area (Å²) in [6.07, 6.45) is 0.131. The number of nitrogens with one attached hydrogen (secondary N) is 1. The van der Waals surface area contributed by atoms with Crippen LogP contribution in [0, 0.1) is 0 Å². The van der Waals surface area contributed by atoms with E-state index >= 15 is 0 Å². The average molecular weight is 348 g/mol. The molecule has 0 aliphatic heterocycles. The Morgan fingerprint density at radius 2 is 1.86 bits per heavy atom. The third-order valence-electron chi connectivity index (χ3n) is 3.06. The number of hydrogen-bond donors (Lipinski definition) is 2. The summed E-state index contributed by atoms with van der Waals surface area (Å²) in [5.74, 6) is -1.50. The minimum absolute atomic E-state index is 0.131. The molecule has 0 aliphatic carbocycles. The summed E-state index contributed by atoms with van der Waals surface area (Å²) >= 11 is 3.12. The molecule has 0 bridgehead atoms. The molecule has 0 fully saturated rings. The van der Waals surface area contributed by atoms with Crippen LogP contribution in [-0.4, -0.2) is 23.0 Å². The second-order valence-corrected chi connectivity index (χ2v) is 5.73. The Hall–Kier alpha value is -2.14. The predicted molar refractivity (Wildman–Crippen MR) is 85.5 cm³/mol. The first kappa shape index (κ1) is 15.3. The zero-order valence-corrected chi connectivity index (χ0v) is 12.8. The molecule has 2 aromatic carbocycles. The fourth-order valence-corrected chi connectivity index (χ4v) is 2.40. The molecule has 0 saturated heterocycles. The molecule has 1 amide bonds. The highest BCUT2D eigenvalue weighted by atomic mass is 79.9. The zero-order chi connectivity index (χ0) is 15.4. The number of carboxylic acid groups (broad SMARTS) is 1. The van der Waals surface area contributed by atoms with Crippen LogP contribution >= 0.6 is 15.9 Å². The molecular formula is C16H14BrNO3. The van der Waals surface area contributed by atoms with Gasteiger partial charge in [0.15, 0.2) is 0 Å². The highest BCUT2D eigenvalue weighted by molar-refractivity contribution is 9.11. The monoisotopic (exact) mass is 347 g/mol. The van der Waals surface area contributed by atoms with Gasteiger partial charge in [-0.1, -0.05) is 58.9 Å². The van der Waals surface area contributed by atoms with E-state index in [0.717, 1.165) is 10.8 Å². The van der Waals surface area contributed by atoms with Crippen molar-refractivity contribution >= 4 is 38.6 Å².